The van der Waals surface area contributed by atoms with E-state index < -0.39 is 0 Å². The van der Waals surface area contributed by atoms with Gasteiger partial charge in [0.15, 0.2) is 11.4 Å². The molecule has 0 aliphatic carbocycles. The monoisotopic (exact) mass is 352 g/mol. The Kier molecular flexibility index (Phi) is 3.89. The number of pyridine rings is 1. The summed E-state index contributed by atoms with van der Waals surface area (Å²) in [5.41, 5.74) is 3.87. The van der Waals surface area contributed by atoms with E-state index in [-0.39, 0.29) is 12.2 Å². The summed E-state index contributed by atoms with van der Waals surface area (Å²) < 4.78 is 3.53. The van der Waals surface area contributed by atoms with Crippen molar-refractivity contribution in [1.82, 2.24) is 29.4 Å². The zero-order valence-electron chi connectivity index (χ0n) is 13.9. The number of carbonyl (C=O) groups is 1. The number of Topliss-reactive ketones (excluding diaryl/α,β-unsaturated/α-hetero) is 1. The molecule has 0 radical (unpaired) electrons. The summed E-state index contributed by atoms with van der Waals surface area (Å²) >= 11 is 1.50. The summed E-state index contributed by atoms with van der Waals surface area (Å²) in [6.45, 7) is 4.70. The van der Waals surface area contributed by atoms with Gasteiger partial charge >= 0.3 is 0 Å². The molecular formula is C17H16N6OS. The van der Waals surface area contributed by atoms with Gasteiger partial charge in [-0.15, -0.1) is 11.3 Å². The Labute approximate surface area is 148 Å². The first-order valence-corrected chi connectivity index (χ1v) is 8.83. The molecule has 0 spiro atoms. The molecule has 0 fully saturated rings. The molecule has 4 aromatic heterocycles. The third kappa shape index (κ3) is 2.85. The number of aromatic nitrogens is 6. The minimum absolute atomic E-state index is 0.0169. The van der Waals surface area contributed by atoms with Gasteiger partial charge < -0.3 is 0 Å². The van der Waals surface area contributed by atoms with Gasteiger partial charge in [0.25, 0.3) is 0 Å². The fourth-order valence-corrected chi connectivity index (χ4v) is 3.59. The van der Waals surface area contributed by atoms with Gasteiger partial charge in [-0.05, 0) is 26.0 Å². The Bertz CT molecular complexity index is 1060. The van der Waals surface area contributed by atoms with E-state index >= 15 is 0 Å². The number of rotatable bonds is 5. The summed E-state index contributed by atoms with van der Waals surface area (Å²) in [7, 11) is 0. The molecule has 0 unspecified atom stereocenters. The third-order valence-corrected chi connectivity index (χ3v) is 4.93. The van der Waals surface area contributed by atoms with Crippen LogP contribution in [0.1, 0.15) is 28.0 Å². The van der Waals surface area contributed by atoms with E-state index in [4.69, 9.17) is 0 Å². The summed E-state index contributed by atoms with van der Waals surface area (Å²) in [5.74, 6) is -0.0169. The lowest BCUT2D eigenvalue weighted by Gasteiger charge is -2.08. The van der Waals surface area contributed by atoms with E-state index in [0.717, 1.165) is 28.5 Å². The highest BCUT2D eigenvalue weighted by Crippen LogP contribution is 2.23. The molecule has 4 rings (SSSR count). The first-order valence-electron chi connectivity index (χ1n) is 7.95. The molecule has 126 valence electrons. The van der Waals surface area contributed by atoms with E-state index in [1.807, 2.05) is 42.2 Å². The number of carbonyl (C=O) groups excluding carboxylic acids is 1. The van der Waals surface area contributed by atoms with Crippen LogP contribution in [0, 0.1) is 6.92 Å². The maximum Gasteiger partial charge on any atom is 0.173 e. The maximum absolute atomic E-state index is 12.9. The van der Waals surface area contributed by atoms with Crippen LogP contribution in [-0.4, -0.2) is 35.1 Å². The number of thiazole rings is 1. The molecular weight excluding hydrogens is 336 g/mol. The van der Waals surface area contributed by atoms with Crippen molar-refractivity contribution >= 4 is 22.8 Å². The standard InChI is InChI=1S/C17H16N6OS/c1-3-22-14(4-5-19-22)12-6-13(17-18-10-20-23(17)8-12)15(24)7-16-21-11(2)9-25-16/h4-6,8-10H,3,7H2,1-2H3. The topological polar surface area (TPSA) is 78.0 Å². The van der Waals surface area contributed by atoms with Gasteiger partial charge in [-0.1, -0.05) is 0 Å². The fraction of sp³-hybridized carbons (Fsp3) is 0.235. The highest BCUT2D eigenvalue weighted by Gasteiger charge is 2.18. The molecule has 0 atom stereocenters. The number of ketones is 1. The first kappa shape index (κ1) is 15.6. The lowest BCUT2D eigenvalue weighted by molar-refractivity contribution is 0.0994. The van der Waals surface area contributed by atoms with Gasteiger partial charge in [0, 0.05) is 35.6 Å². The Morgan fingerprint density at radius 3 is 2.96 bits per heavy atom. The van der Waals surface area contributed by atoms with Crippen LogP contribution in [0.3, 0.4) is 0 Å². The summed E-state index contributed by atoms with van der Waals surface area (Å²) in [4.78, 5) is 21.5. The molecule has 0 aliphatic rings. The van der Waals surface area contributed by atoms with Crippen LogP contribution >= 0.6 is 11.3 Å². The SMILES string of the molecule is CCn1nccc1-c1cc(C(=O)Cc2nc(C)cs2)c2ncnn2c1. The molecule has 0 saturated heterocycles. The molecule has 8 heteroatoms. The van der Waals surface area contributed by atoms with E-state index in [0.29, 0.717) is 11.2 Å². The van der Waals surface area contributed by atoms with E-state index in [9.17, 15) is 4.79 Å². The number of hydrogen-bond donors (Lipinski definition) is 0. The summed E-state index contributed by atoms with van der Waals surface area (Å²) in [6, 6.07) is 3.80. The van der Waals surface area contributed by atoms with E-state index in [2.05, 4.69) is 20.2 Å². The molecule has 0 amide bonds. The Balaban J connectivity index is 1.79. The lowest BCUT2D eigenvalue weighted by atomic mass is 10.1. The van der Waals surface area contributed by atoms with Crippen LogP contribution < -0.4 is 0 Å². The predicted molar refractivity (Wildman–Crippen MR) is 94.8 cm³/mol. The molecule has 4 aromatic rings. The number of nitrogens with zero attached hydrogens (tertiary/aromatic N) is 6. The van der Waals surface area contributed by atoms with Crippen molar-refractivity contribution in [3.8, 4) is 11.3 Å². The third-order valence-electron chi connectivity index (χ3n) is 3.97. The van der Waals surface area contributed by atoms with Crippen molar-refractivity contribution in [2.24, 2.45) is 0 Å². The molecule has 4 heterocycles. The van der Waals surface area contributed by atoms with E-state index in [1.165, 1.54) is 17.7 Å². The zero-order valence-corrected chi connectivity index (χ0v) is 14.7. The van der Waals surface area contributed by atoms with Gasteiger partial charge in [-0.3, -0.25) is 9.48 Å². The highest BCUT2D eigenvalue weighted by atomic mass is 32.1. The minimum atomic E-state index is -0.0169. The predicted octanol–water partition coefficient (Wildman–Crippen LogP) is 2.80. The van der Waals surface area contributed by atoms with Crippen LogP contribution in [0.2, 0.25) is 0 Å². The molecule has 0 N–H and O–H groups in total. The Morgan fingerprint density at radius 2 is 2.20 bits per heavy atom. The average molecular weight is 352 g/mol. The van der Waals surface area contributed by atoms with Gasteiger partial charge in [0.2, 0.25) is 0 Å². The Hall–Kier alpha value is -2.87. The molecule has 0 bridgehead atoms. The normalized spacial score (nSPS) is 11.3. The van der Waals surface area contributed by atoms with Crippen molar-refractivity contribution < 1.29 is 4.79 Å². The molecule has 25 heavy (non-hydrogen) atoms. The smallest absolute Gasteiger partial charge is 0.173 e. The van der Waals surface area contributed by atoms with Crippen LogP contribution in [0.5, 0.6) is 0 Å². The van der Waals surface area contributed by atoms with Crippen molar-refractivity contribution in [2.45, 2.75) is 26.8 Å². The maximum atomic E-state index is 12.9. The highest BCUT2D eigenvalue weighted by molar-refractivity contribution is 7.09. The first-order chi connectivity index (χ1) is 12.2. The van der Waals surface area contributed by atoms with Crippen LogP contribution in [0.15, 0.2) is 36.2 Å². The quantitative estimate of drug-likeness (QED) is 0.516. The molecule has 0 aromatic carbocycles. The summed E-state index contributed by atoms with van der Waals surface area (Å²) in [5, 5.41) is 11.3. The number of hydrogen-bond acceptors (Lipinski definition) is 6. The van der Waals surface area contributed by atoms with Crippen LogP contribution in [0.25, 0.3) is 16.9 Å². The van der Waals surface area contributed by atoms with Crippen molar-refractivity contribution in [2.75, 3.05) is 0 Å². The van der Waals surface area contributed by atoms with E-state index in [1.54, 1.807) is 10.7 Å². The fourth-order valence-electron chi connectivity index (χ4n) is 2.82. The van der Waals surface area contributed by atoms with Gasteiger partial charge in [-0.25, -0.2) is 14.5 Å². The van der Waals surface area contributed by atoms with Gasteiger partial charge in [0.1, 0.15) is 11.3 Å². The number of aryl methyl sites for hydroxylation is 2. The van der Waals surface area contributed by atoms with Gasteiger partial charge in [0.05, 0.1) is 17.7 Å². The van der Waals surface area contributed by atoms with Crippen LogP contribution in [-0.2, 0) is 13.0 Å². The second kappa shape index (κ2) is 6.21. The summed E-state index contributed by atoms with van der Waals surface area (Å²) in [6.07, 6.45) is 5.35. The largest absolute Gasteiger partial charge is 0.294 e. The Morgan fingerprint density at radius 1 is 1.32 bits per heavy atom. The molecule has 7 nitrogen and oxygen atoms in total. The lowest BCUT2D eigenvalue weighted by Crippen LogP contribution is -2.08. The average Bonchev–Trinajstić information content (AvgIpc) is 3.33. The van der Waals surface area contributed by atoms with Gasteiger partial charge in [-0.2, -0.15) is 10.2 Å². The van der Waals surface area contributed by atoms with Crippen molar-refractivity contribution in [3.05, 3.63) is 52.5 Å². The second-order valence-corrected chi connectivity index (χ2v) is 6.63. The van der Waals surface area contributed by atoms with Crippen LogP contribution in [0.4, 0.5) is 0 Å². The van der Waals surface area contributed by atoms with Crippen molar-refractivity contribution in [1.29, 1.82) is 0 Å². The van der Waals surface area contributed by atoms with Crippen molar-refractivity contribution in [3.63, 3.8) is 0 Å². The zero-order chi connectivity index (χ0) is 17.4. The second-order valence-electron chi connectivity index (χ2n) is 5.69. The number of fused-ring (bicyclic) bond motifs is 1. The molecule has 0 saturated carbocycles. The molecule has 0 aliphatic heterocycles. The minimum Gasteiger partial charge on any atom is -0.294 e.